The van der Waals surface area contributed by atoms with Crippen LogP contribution in [-0.2, 0) is 10.8 Å². The maximum atomic E-state index is 2.54. The second-order valence-corrected chi connectivity index (χ2v) is 33.7. The van der Waals surface area contributed by atoms with Gasteiger partial charge in [-0.25, -0.2) is 0 Å². The zero-order valence-corrected chi connectivity index (χ0v) is 60.9. The molecular weight excluding hydrogens is 1260 g/mol. The van der Waals surface area contributed by atoms with E-state index < -0.39 is 10.8 Å². The first-order chi connectivity index (χ1) is 43.7. The highest BCUT2D eigenvalue weighted by Gasteiger charge is 2.50. The number of hydrogen-bond acceptors (Lipinski definition) is 9. The number of fused-ring (bicyclic) bond motifs is 2. The molecule has 0 fully saturated rings. The van der Waals surface area contributed by atoms with E-state index in [1.165, 1.54) is 157 Å². The molecule has 2 nitrogen and oxygen atoms in total. The second kappa shape index (κ2) is 27.5. The van der Waals surface area contributed by atoms with Gasteiger partial charge in [-0.05, 0) is 172 Å². The molecule has 0 radical (unpaired) electrons. The Morgan fingerprint density at radius 2 is 0.549 bits per heavy atom. The summed E-state index contributed by atoms with van der Waals surface area (Å²) in [5.41, 5.74) is 16.9. The van der Waals surface area contributed by atoms with Crippen molar-refractivity contribution >= 4 is 111 Å². The number of likely N-dealkylation sites (N-methyl/N-ethyl adjacent to an activating group) is 1. The second-order valence-electron chi connectivity index (χ2n) is 25.1. The minimum atomic E-state index is -0.426. The van der Waals surface area contributed by atoms with Crippen LogP contribution in [0.15, 0.2) is 296 Å². The summed E-state index contributed by atoms with van der Waals surface area (Å²) >= 11 is 15.2. The molecule has 0 saturated carbocycles. The van der Waals surface area contributed by atoms with Crippen molar-refractivity contribution in [2.24, 2.45) is 0 Å². The largest absolute Gasteiger partial charge is 0.346 e. The van der Waals surface area contributed by atoms with Crippen LogP contribution in [0.1, 0.15) is 83.3 Å². The van der Waals surface area contributed by atoms with E-state index in [-0.39, 0.29) is 0 Å². The van der Waals surface area contributed by atoms with Gasteiger partial charge in [0, 0.05) is 98.3 Å². The van der Waals surface area contributed by atoms with Gasteiger partial charge in [0.05, 0.1) is 26.5 Å². The van der Waals surface area contributed by atoms with E-state index in [0.717, 1.165) is 0 Å². The number of benzene rings is 10. The Hall–Kier alpha value is -6.05. The molecule has 458 valence electrons. The molecule has 0 aliphatic carbocycles. The van der Waals surface area contributed by atoms with Crippen LogP contribution in [0.25, 0.3) is 0 Å². The summed E-state index contributed by atoms with van der Waals surface area (Å²) in [7, 11) is 4.64. The number of anilines is 1. The standard InChI is InChI=1S/C81H77N2S8/c1-50-18-34-58(35-19-50)84-72-68-70(74(86-60-38-22-52(3)23-39-60)78(90-64-46-30-56(7)31-47-64)76(72)88-62-42-26-54(5)27-43-62)82(13)66(80(68,9)10)16-15-17-67-81(11,12)69-71(83(67)14)75(87-61-40-24-53(4)25-41-61)79(91-65-48-32-57(8)33-49-65)77(89-63-44-28-55(6)29-45-63)73(69)85-59-36-20-51(2)21-37-59/h15-49H,1-14H3/q+1. The van der Waals surface area contributed by atoms with Crippen LogP contribution in [0.2, 0.25) is 0 Å². The number of aryl methyl sites for hydroxylation is 8. The zero-order chi connectivity index (χ0) is 63.9. The van der Waals surface area contributed by atoms with E-state index in [1.54, 1.807) is 0 Å². The number of rotatable bonds is 18. The summed E-state index contributed by atoms with van der Waals surface area (Å²) < 4.78 is 2.54. The first kappa shape index (κ1) is 65.0. The van der Waals surface area contributed by atoms with Crippen LogP contribution in [0.5, 0.6) is 0 Å². The van der Waals surface area contributed by atoms with Gasteiger partial charge < -0.3 is 4.90 Å². The third-order valence-corrected chi connectivity index (χ3v) is 26.7. The fourth-order valence-corrected chi connectivity index (χ4v) is 21.6. The molecule has 12 rings (SSSR count). The van der Waals surface area contributed by atoms with E-state index >= 15 is 0 Å². The lowest BCUT2D eigenvalue weighted by atomic mass is 9.81. The molecule has 91 heavy (non-hydrogen) atoms. The number of nitrogens with zero attached hydrogens (tertiary/aromatic N) is 2. The molecule has 0 spiro atoms. The molecule has 10 heteroatoms. The summed E-state index contributed by atoms with van der Waals surface area (Å²) in [4.78, 5) is 22.6. The van der Waals surface area contributed by atoms with Crippen molar-refractivity contribution in [1.82, 2.24) is 0 Å². The highest BCUT2D eigenvalue weighted by Crippen LogP contribution is 2.64. The Morgan fingerprint density at radius 3 is 0.857 bits per heavy atom. The Bertz CT molecular complexity index is 4430. The van der Waals surface area contributed by atoms with Crippen molar-refractivity contribution in [3.63, 3.8) is 0 Å². The van der Waals surface area contributed by atoms with Crippen LogP contribution < -0.4 is 4.90 Å². The molecule has 2 aliphatic rings. The number of allylic oxidation sites excluding steroid dienone is 4. The fraction of sp³-hybridized carbons (Fsp3) is 0.198. The van der Waals surface area contributed by atoms with E-state index in [0.29, 0.717) is 0 Å². The van der Waals surface area contributed by atoms with Gasteiger partial charge in [-0.15, -0.1) is 0 Å². The van der Waals surface area contributed by atoms with Crippen LogP contribution >= 0.6 is 94.1 Å². The lowest BCUT2D eigenvalue weighted by molar-refractivity contribution is -0.404. The molecule has 10 aromatic rings. The molecule has 0 amide bonds. The molecule has 0 saturated heterocycles. The summed E-state index contributed by atoms with van der Waals surface area (Å²) in [6, 6.07) is 72.8. The molecule has 0 aromatic heterocycles. The van der Waals surface area contributed by atoms with Crippen molar-refractivity contribution in [3.05, 3.63) is 274 Å². The number of hydrogen-bond donors (Lipinski definition) is 0. The molecule has 0 atom stereocenters. The van der Waals surface area contributed by atoms with Crippen molar-refractivity contribution in [2.45, 2.75) is 172 Å². The van der Waals surface area contributed by atoms with Crippen LogP contribution in [0.4, 0.5) is 11.4 Å². The van der Waals surface area contributed by atoms with Gasteiger partial charge in [0.2, 0.25) is 5.69 Å². The highest BCUT2D eigenvalue weighted by atomic mass is 32.2. The smallest absolute Gasteiger partial charge is 0.226 e. The third-order valence-electron chi connectivity index (χ3n) is 17.0. The van der Waals surface area contributed by atoms with Gasteiger partial charge in [-0.1, -0.05) is 256 Å². The van der Waals surface area contributed by atoms with Gasteiger partial charge in [0.15, 0.2) is 5.71 Å². The third kappa shape index (κ3) is 14.1. The summed E-state index contributed by atoms with van der Waals surface area (Å²) in [6.07, 6.45) is 7.23. The molecule has 0 bridgehead atoms. The van der Waals surface area contributed by atoms with Gasteiger partial charge >= 0.3 is 0 Å². The minimum Gasteiger partial charge on any atom is -0.346 e. The maximum Gasteiger partial charge on any atom is 0.226 e. The average molecular weight is 1340 g/mol. The van der Waals surface area contributed by atoms with Crippen molar-refractivity contribution < 1.29 is 4.58 Å². The van der Waals surface area contributed by atoms with Gasteiger partial charge in [0.1, 0.15) is 7.05 Å². The predicted octanol–water partition coefficient (Wildman–Crippen LogP) is 25.2. The quantitative estimate of drug-likeness (QED) is 0.0769. The molecular formula is C81H77N2S8+. The van der Waals surface area contributed by atoms with E-state index in [9.17, 15) is 0 Å². The first-order valence-corrected chi connectivity index (χ1v) is 37.4. The van der Waals surface area contributed by atoms with Crippen molar-refractivity contribution in [3.8, 4) is 0 Å². The van der Waals surface area contributed by atoms with E-state index in [1.807, 2.05) is 94.1 Å². The Morgan fingerprint density at radius 1 is 0.308 bits per heavy atom. The fourth-order valence-electron chi connectivity index (χ4n) is 11.9. The SMILES string of the molecule is Cc1ccc(Sc2c(Sc3ccc(C)cc3)c(Sc3ccc(C)cc3)c3c(c2Sc2ccc(C)cc2)N(C)/C(=C\C=C\C2=[N+](C)c4c(Sc5ccc(C)cc5)c(Sc5ccc(C)cc5)c(Sc5ccc(C)cc5)c(Sc5ccc(C)cc5)c4C2(C)C)C3(C)C)cc1. The molecule has 0 unspecified atom stereocenters. The molecule has 10 aromatic carbocycles. The lowest BCUT2D eigenvalue weighted by Crippen LogP contribution is -2.27. The Labute approximate surface area is 575 Å². The summed E-state index contributed by atoms with van der Waals surface area (Å²) in [6.45, 7) is 27.3. The summed E-state index contributed by atoms with van der Waals surface area (Å²) in [5.74, 6) is 0. The van der Waals surface area contributed by atoms with Gasteiger partial charge in [-0.3, -0.25) is 0 Å². The minimum absolute atomic E-state index is 0.426. The van der Waals surface area contributed by atoms with Gasteiger partial charge in [0.25, 0.3) is 0 Å². The lowest BCUT2D eigenvalue weighted by Gasteiger charge is -2.27. The van der Waals surface area contributed by atoms with Crippen LogP contribution in [0, 0.1) is 55.4 Å². The topological polar surface area (TPSA) is 6.25 Å². The van der Waals surface area contributed by atoms with E-state index in [4.69, 9.17) is 0 Å². The maximum absolute atomic E-state index is 2.54. The highest BCUT2D eigenvalue weighted by molar-refractivity contribution is 8.06. The zero-order valence-electron chi connectivity index (χ0n) is 54.4. The normalized spacial score (nSPS) is 14.5. The molecule has 2 aliphatic heterocycles. The van der Waals surface area contributed by atoms with Crippen molar-refractivity contribution in [1.29, 1.82) is 0 Å². The predicted molar refractivity (Wildman–Crippen MR) is 398 cm³/mol. The van der Waals surface area contributed by atoms with E-state index in [2.05, 4.69) is 319 Å². The van der Waals surface area contributed by atoms with Crippen LogP contribution in [0.3, 0.4) is 0 Å². The monoisotopic (exact) mass is 1330 g/mol. The molecule has 0 N–H and O–H groups in total. The van der Waals surface area contributed by atoms with Gasteiger partial charge in [-0.2, -0.15) is 4.58 Å². The Balaban J connectivity index is 1.07. The molecule has 2 heterocycles. The Kier molecular flexibility index (Phi) is 19.6. The average Bonchev–Trinajstić information content (AvgIpc) is 1.64. The summed E-state index contributed by atoms with van der Waals surface area (Å²) in [5, 5.41) is 0. The van der Waals surface area contributed by atoms with Crippen LogP contribution in [-0.4, -0.2) is 24.4 Å². The first-order valence-electron chi connectivity index (χ1n) is 30.9. The van der Waals surface area contributed by atoms with Crippen molar-refractivity contribution in [2.75, 3.05) is 19.0 Å².